The molecule has 1 aromatic carbocycles. The Hall–Kier alpha value is -1.62. The average molecular weight is 236 g/mol. The molecular weight excluding hydrogens is 223 g/mol. The van der Waals surface area contributed by atoms with Crippen molar-refractivity contribution in [3.05, 3.63) is 35.6 Å². The molecular formula is C12H13FN2O2. The summed E-state index contributed by atoms with van der Waals surface area (Å²) in [6, 6.07) is 6.68. The Labute approximate surface area is 98.2 Å². The van der Waals surface area contributed by atoms with Crippen LogP contribution >= 0.6 is 0 Å². The maximum Gasteiger partial charge on any atom is 0.282 e. The van der Waals surface area contributed by atoms with Crippen LogP contribution in [0, 0.1) is 11.7 Å². The van der Waals surface area contributed by atoms with Crippen molar-refractivity contribution in [3.8, 4) is 0 Å². The molecule has 0 aromatic heterocycles. The standard InChI is InChI=1S/C12H13FN2O2/c13-10-4-2-1-3-9(10)12-7-16-6-8(12)5-15-11(14)17-12/h1-4,8H,5-7H2,(H2,14,15)/t8-,12?/m0/s1. The SMILES string of the molecule is NC1=NC[C@H]2COCC2(c2ccccc2F)O1. The summed E-state index contributed by atoms with van der Waals surface area (Å²) in [7, 11) is 0. The van der Waals surface area contributed by atoms with Crippen LogP contribution in [0.25, 0.3) is 0 Å². The minimum Gasteiger partial charge on any atom is -0.451 e. The number of hydrogen-bond acceptors (Lipinski definition) is 4. The van der Waals surface area contributed by atoms with Crippen LogP contribution in [0.2, 0.25) is 0 Å². The molecule has 1 saturated heterocycles. The number of amidine groups is 1. The molecule has 0 amide bonds. The first-order chi connectivity index (χ1) is 8.22. The van der Waals surface area contributed by atoms with E-state index in [-0.39, 0.29) is 17.8 Å². The fraction of sp³-hybridized carbons (Fsp3) is 0.417. The number of benzene rings is 1. The van der Waals surface area contributed by atoms with Crippen molar-refractivity contribution in [2.45, 2.75) is 5.60 Å². The van der Waals surface area contributed by atoms with Crippen molar-refractivity contribution in [2.75, 3.05) is 19.8 Å². The van der Waals surface area contributed by atoms with Crippen molar-refractivity contribution in [1.29, 1.82) is 0 Å². The summed E-state index contributed by atoms with van der Waals surface area (Å²) in [6.07, 6.45) is 0. The molecule has 2 heterocycles. The van der Waals surface area contributed by atoms with Gasteiger partial charge in [0.05, 0.1) is 19.8 Å². The number of aliphatic imine (C=N–C) groups is 1. The Bertz CT molecular complexity index is 477. The van der Waals surface area contributed by atoms with Gasteiger partial charge >= 0.3 is 0 Å². The normalized spacial score (nSPS) is 31.6. The van der Waals surface area contributed by atoms with E-state index in [1.807, 2.05) is 0 Å². The molecule has 0 aliphatic carbocycles. The molecule has 0 radical (unpaired) electrons. The molecule has 5 heteroatoms. The second-order valence-corrected chi connectivity index (χ2v) is 4.36. The molecule has 0 spiro atoms. The highest BCUT2D eigenvalue weighted by Gasteiger charge is 2.51. The first-order valence-corrected chi connectivity index (χ1v) is 5.54. The lowest BCUT2D eigenvalue weighted by atomic mass is 9.83. The average Bonchev–Trinajstić information content (AvgIpc) is 2.73. The van der Waals surface area contributed by atoms with Gasteiger partial charge in [-0.25, -0.2) is 9.38 Å². The number of nitrogens with two attached hydrogens (primary N) is 1. The summed E-state index contributed by atoms with van der Waals surface area (Å²) in [5.74, 6) is -0.274. The summed E-state index contributed by atoms with van der Waals surface area (Å²) in [6.45, 7) is 1.35. The predicted octanol–water partition coefficient (Wildman–Crippen LogP) is 1.01. The highest BCUT2D eigenvalue weighted by atomic mass is 19.1. The Morgan fingerprint density at radius 1 is 1.41 bits per heavy atom. The second kappa shape index (κ2) is 3.70. The summed E-state index contributed by atoms with van der Waals surface area (Å²) in [5.41, 5.74) is 5.31. The minimum absolute atomic E-state index is 0.0201. The van der Waals surface area contributed by atoms with Gasteiger partial charge in [-0.3, -0.25) is 0 Å². The lowest BCUT2D eigenvalue weighted by Crippen LogP contribution is -2.46. The number of ether oxygens (including phenoxy) is 2. The third-order valence-corrected chi connectivity index (χ3v) is 3.38. The largest absolute Gasteiger partial charge is 0.451 e. The van der Waals surface area contributed by atoms with E-state index in [4.69, 9.17) is 15.2 Å². The van der Waals surface area contributed by atoms with E-state index in [0.29, 0.717) is 25.3 Å². The predicted molar refractivity (Wildman–Crippen MR) is 60.0 cm³/mol. The number of hydrogen-bond donors (Lipinski definition) is 1. The quantitative estimate of drug-likeness (QED) is 0.791. The molecule has 2 N–H and O–H groups in total. The third-order valence-electron chi connectivity index (χ3n) is 3.38. The molecule has 0 saturated carbocycles. The molecule has 0 bridgehead atoms. The Kier molecular flexibility index (Phi) is 2.29. The van der Waals surface area contributed by atoms with Gasteiger partial charge in [-0.15, -0.1) is 0 Å². The summed E-state index contributed by atoms with van der Waals surface area (Å²) in [5, 5.41) is 0. The van der Waals surface area contributed by atoms with Gasteiger partial charge in [-0.2, -0.15) is 0 Å². The highest BCUT2D eigenvalue weighted by Crippen LogP contribution is 2.42. The van der Waals surface area contributed by atoms with Crippen molar-refractivity contribution in [3.63, 3.8) is 0 Å². The van der Waals surface area contributed by atoms with E-state index in [2.05, 4.69) is 4.99 Å². The molecule has 2 aliphatic heterocycles. The van der Waals surface area contributed by atoms with E-state index in [9.17, 15) is 4.39 Å². The van der Waals surface area contributed by atoms with E-state index in [1.165, 1.54) is 6.07 Å². The zero-order valence-electron chi connectivity index (χ0n) is 9.23. The summed E-state index contributed by atoms with van der Waals surface area (Å²) >= 11 is 0. The van der Waals surface area contributed by atoms with Crippen molar-refractivity contribution >= 4 is 6.02 Å². The van der Waals surface area contributed by atoms with Crippen LogP contribution in [0.15, 0.2) is 29.3 Å². The molecule has 1 unspecified atom stereocenters. The summed E-state index contributed by atoms with van der Waals surface area (Å²) < 4.78 is 25.0. The van der Waals surface area contributed by atoms with Gasteiger partial charge in [0.1, 0.15) is 5.82 Å². The van der Waals surface area contributed by atoms with Gasteiger partial charge in [0, 0.05) is 11.5 Å². The number of halogens is 1. The van der Waals surface area contributed by atoms with E-state index in [1.54, 1.807) is 18.2 Å². The molecule has 3 rings (SSSR count). The first-order valence-electron chi connectivity index (χ1n) is 5.54. The van der Waals surface area contributed by atoms with Crippen LogP contribution in [0.3, 0.4) is 0 Å². The molecule has 1 fully saturated rings. The highest BCUT2D eigenvalue weighted by molar-refractivity contribution is 5.73. The summed E-state index contributed by atoms with van der Waals surface area (Å²) in [4.78, 5) is 4.04. The molecule has 1 aromatic rings. The van der Waals surface area contributed by atoms with Gasteiger partial charge in [0.15, 0.2) is 5.60 Å². The van der Waals surface area contributed by atoms with E-state index < -0.39 is 5.60 Å². The third kappa shape index (κ3) is 1.50. The van der Waals surface area contributed by atoms with Gasteiger partial charge < -0.3 is 15.2 Å². The zero-order chi connectivity index (χ0) is 11.9. The van der Waals surface area contributed by atoms with E-state index >= 15 is 0 Å². The van der Waals surface area contributed by atoms with Gasteiger partial charge in [-0.1, -0.05) is 18.2 Å². The lowest BCUT2D eigenvalue weighted by Gasteiger charge is -2.36. The first kappa shape index (κ1) is 10.5. The Morgan fingerprint density at radius 2 is 2.24 bits per heavy atom. The fourth-order valence-corrected chi connectivity index (χ4v) is 2.49. The van der Waals surface area contributed by atoms with Crippen molar-refractivity contribution < 1.29 is 13.9 Å². The van der Waals surface area contributed by atoms with Crippen LogP contribution in [0.4, 0.5) is 4.39 Å². The van der Waals surface area contributed by atoms with Crippen LogP contribution in [-0.4, -0.2) is 25.8 Å². The number of rotatable bonds is 1. The second-order valence-electron chi connectivity index (χ2n) is 4.36. The maximum absolute atomic E-state index is 13.9. The zero-order valence-corrected chi connectivity index (χ0v) is 9.23. The Morgan fingerprint density at radius 3 is 3.06 bits per heavy atom. The molecule has 17 heavy (non-hydrogen) atoms. The smallest absolute Gasteiger partial charge is 0.282 e. The van der Waals surface area contributed by atoms with Crippen LogP contribution in [0.1, 0.15) is 5.56 Å². The van der Waals surface area contributed by atoms with Crippen molar-refractivity contribution in [2.24, 2.45) is 16.6 Å². The monoisotopic (exact) mass is 236 g/mol. The van der Waals surface area contributed by atoms with Crippen LogP contribution < -0.4 is 5.73 Å². The minimum atomic E-state index is -0.808. The molecule has 4 nitrogen and oxygen atoms in total. The van der Waals surface area contributed by atoms with Crippen LogP contribution in [0.5, 0.6) is 0 Å². The lowest BCUT2D eigenvalue weighted by molar-refractivity contribution is -0.00188. The topological polar surface area (TPSA) is 56.8 Å². The van der Waals surface area contributed by atoms with Crippen molar-refractivity contribution in [1.82, 2.24) is 0 Å². The fourth-order valence-electron chi connectivity index (χ4n) is 2.49. The number of fused-ring (bicyclic) bond motifs is 1. The maximum atomic E-state index is 13.9. The van der Waals surface area contributed by atoms with E-state index in [0.717, 1.165) is 0 Å². The van der Waals surface area contributed by atoms with Gasteiger partial charge in [0.25, 0.3) is 6.02 Å². The van der Waals surface area contributed by atoms with Gasteiger partial charge in [-0.05, 0) is 6.07 Å². The molecule has 2 aliphatic rings. The van der Waals surface area contributed by atoms with Gasteiger partial charge in [0.2, 0.25) is 0 Å². The molecule has 90 valence electrons. The molecule has 2 atom stereocenters. The van der Waals surface area contributed by atoms with Crippen LogP contribution in [-0.2, 0) is 15.1 Å². The Balaban J connectivity index is 2.10. The number of nitrogens with zero attached hydrogens (tertiary/aromatic N) is 1.